The topological polar surface area (TPSA) is 59.9 Å². The lowest BCUT2D eigenvalue weighted by Crippen LogP contribution is -2.19. The monoisotopic (exact) mass is 408 g/mol. The Morgan fingerprint density at radius 1 is 1.19 bits per heavy atom. The van der Waals surface area contributed by atoms with Crippen LogP contribution in [0.25, 0.3) is 0 Å². The van der Waals surface area contributed by atoms with Gasteiger partial charge in [-0.05, 0) is 41.3 Å². The second-order valence-electron chi connectivity index (χ2n) is 6.34. The van der Waals surface area contributed by atoms with Crippen LogP contribution in [-0.4, -0.2) is 25.8 Å². The maximum absolute atomic E-state index is 12.0. The smallest absolute Gasteiger partial charge is 0.244 e. The number of carbonyl (C=O) groups excluding carboxylic acids is 1. The minimum absolute atomic E-state index is 0.213. The van der Waals surface area contributed by atoms with Crippen LogP contribution in [-0.2, 0) is 11.2 Å². The zero-order valence-corrected chi connectivity index (χ0v) is 17.0. The van der Waals surface area contributed by atoms with Gasteiger partial charge >= 0.3 is 0 Å². The largest absolute Gasteiger partial charge is 0.497 e. The molecule has 27 heavy (non-hydrogen) atoms. The minimum atomic E-state index is -0.231. The molecule has 2 aromatic carbocycles. The van der Waals surface area contributed by atoms with Crippen LogP contribution in [0.15, 0.2) is 41.5 Å². The van der Waals surface area contributed by atoms with Gasteiger partial charge in [-0.1, -0.05) is 49.2 Å². The van der Waals surface area contributed by atoms with Crippen molar-refractivity contribution in [3.8, 4) is 11.5 Å². The molecule has 0 unspecified atom stereocenters. The summed E-state index contributed by atoms with van der Waals surface area (Å²) >= 11 is 12.4. The van der Waals surface area contributed by atoms with Gasteiger partial charge in [0.15, 0.2) is 5.75 Å². The fourth-order valence-corrected chi connectivity index (χ4v) is 2.80. The maximum Gasteiger partial charge on any atom is 0.244 e. The second-order valence-corrected chi connectivity index (χ2v) is 7.15. The summed E-state index contributed by atoms with van der Waals surface area (Å²) in [6.45, 7) is 4.60. The summed E-state index contributed by atoms with van der Waals surface area (Å²) in [5.41, 5.74) is 4.00. The Morgan fingerprint density at radius 2 is 1.81 bits per heavy atom. The van der Waals surface area contributed by atoms with E-state index >= 15 is 0 Å². The lowest BCUT2D eigenvalue weighted by atomic mass is 10.1. The van der Waals surface area contributed by atoms with Crippen molar-refractivity contribution in [3.63, 3.8) is 0 Å². The number of halogens is 2. The molecule has 7 heteroatoms. The Balaban J connectivity index is 1.93. The molecule has 0 fully saturated rings. The lowest BCUT2D eigenvalue weighted by molar-refractivity contribution is -0.120. The molecule has 0 saturated heterocycles. The van der Waals surface area contributed by atoms with Gasteiger partial charge in [-0.25, -0.2) is 5.43 Å². The van der Waals surface area contributed by atoms with Crippen molar-refractivity contribution < 1.29 is 14.3 Å². The highest BCUT2D eigenvalue weighted by molar-refractivity contribution is 6.37. The van der Waals surface area contributed by atoms with Gasteiger partial charge in [0.1, 0.15) is 5.75 Å². The van der Waals surface area contributed by atoms with E-state index in [2.05, 4.69) is 10.5 Å². The van der Waals surface area contributed by atoms with E-state index < -0.39 is 0 Å². The number of nitrogens with zero attached hydrogens (tertiary/aromatic N) is 1. The number of benzene rings is 2. The Morgan fingerprint density at radius 3 is 2.37 bits per heavy atom. The molecular formula is C20H22Cl2N2O3. The molecule has 1 N–H and O–H groups in total. The molecule has 5 nitrogen and oxygen atoms in total. The fraction of sp³-hybridized carbons (Fsp3) is 0.300. The molecule has 0 bridgehead atoms. The van der Waals surface area contributed by atoms with Gasteiger partial charge in [0, 0.05) is 0 Å². The van der Waals surface area contributed by atoms with Gasteiger partial charge in [-0.15, -0.1) is 0 Å². The molecule has 0 aliphatic carbocycles. The minimum Gasteiger partial charge on any atom is -0.497 e. The molecule has 0 saturated carbocycles. The molecule has 0 heterocycles. The number of hydrogen-bond donors (Lipinski definition) is 1. The summed E-state index contributed by atoms with van der Waals surface area (Å²) < 4.78 is 10.7. The zero-order valence-electron chi connectivity index (χ0n) is 15.5. The molecule has 2 aromatic rings. The van der Waals surface area contributed by atoms with E-state index in [1.807, 2.05) is 26.0 Å². The number of methoxy groups -OCH3 is 1. The van der Waals surface area contributed by atoms with Crippen LogP contribution in [0.4, 0.5) is 0 Å². The summed E-state index contributed by atoms with van der Waals surface area (Å²) in [7, 11) is 1.60. The van der Waals surface area contributed by atoms with Gasteiger partial charge in [0.05, 0.1) is 36.4 Å². The maximum atomic E-state index is 12.0. The number of ether oxygens (including phenoxy) is 2. The molecule has 0 radical (unpaired) electrons. The van der Waals surface area contributed by atoms with Crippen molar-refractivity contribution >= 4 is 35.3 Å². The summed E-state index contributed by atoms with van der Waals surface area (Å²) in [6, 6.07) is 10.6. The Kier molecular flexibility index (Phi) is 7.95. The highest BCUT2D eigenvalue weighted by Crippen LogP contribution is 2.34. The normalized spacial score (nSPS) is 11.0. The van der Waals surface area contributed by atoms with Crippen LogP contribution >= 0.6 is 23.2 Å². The van der Waals surface area contributed by atoms with Gasteiger partial charge in [-0.3, -0.25) is 4.79 Å². The number of hydrogen-bond acceptors (Lipinski definition) is 4. The van der Waals surface area contributed by atoms with Gasteiger partial charge < -0.3 is 9.47 Å². The predicted octanol–water partition coefficient (Wildman–Crippen LogP) is 4.73. The molecule has 0 atom stereocenters. The van der Waals surface area contributed by atoms with E-state index in [4.69, 9.17) is 32.7 Å². The number of carbonyl (C=O) groups is 1. The Labute approximate surface area is 169 Å². The zero-order chi connectivity index (χ0) is 19.8. The number of rotatable bonds is 8. The highest BCUT2D eigenvalue weighted by Gasteiger charge is 2.10. The first kappa shape index (κ1) is 21.1. The Bertz CT molecular complexity index is 782. The third-order valence-electron chi connectivity index (χ3n) is 3.51. The van der Waals surface area contributed by atoms with E-state index in [-0.39, 0.29) is 12.3 Å². The van der Waals surface area contributed by atoms with Crippen LogP contribution in [0.2, 0.25) is 10.0 Å². The van der Waals surface area contributed by atoms with E-state index in [0.717, 1.165) is 11.3 Å². The third-order valence-corrected chi connectivity index (χ3v) is 4.07. The first-order valence-electron chi connectivity index (χ1n) is 8.45. The molecule has 144 valence electrons. The van der Waals surface area contributed by atoms with Crippen molar-refractivity contribution in [2.24, 2.45) is 11.0 Å². The Hall–Kier alpha value is -2.24. The van der Waals surface area contributed by atoms with Crippen LogP contribution < -0.4 is 14.9 Å². The number of hydrazone groups is 1. The standard InChI is InChI=1S/C20H22Cl2N2O3/c1-13(2)12-27-20-17(21)8-15(9-18(20)22)11-23-24-19(25)10-14-4-6-16(26-3)7-5-14/h4-9,11,13H,10,12H2,1-3H3,(H,24,25)/b23-11-. The van der Waals surface area contributed by atoms with E-state index in [1.54, 1.807) is 31.4 Å². The fourth-order valence-electron chi connectivity index (χ4n) is 2.19. The number of amides is 1. The SMILES string of the molecule is COc1ccc(CC(=O)N/N=C\c2cc(Cl)c(OCC(C)C)c(Cl)c2)cc1. The van der Waals surface area contributed by atoms with E-state index in [9.17, 15) is 4.79 Å². The van der Waals surface area contributed by atoms with Crippen molar-refractivity contribution in [3.05, 3.63) is 57.6 Å². The van der Waals surface area contributed by atoms with Gasteiger partial charge in [-0.2, -0.15) is 5.10 Å². The van der Waals surface area contributed by atoms with Crippen LogP contribution in [0, 0.1) is 5.92 Å². The average molecular weight is 409 g/mol. The van der Waals surface area contributed by atoms with Crippen LogP contribution in [0.3, 0.4) is 0 Å². The first-order valence-corrected chi connectivity index (χ1v) is 9.21. The highest BCUT2D eigenvalue weighted by atomic mass is 35.5. The van der Waals surface area contributed by atoms with E-state index in [1.165, 1.54) is 6.21 Å². The average Bonchev–Trinajstić information content (AvgIpc) is 2.61. The third kappa shape index (κ3) is 6.77. The lowest BCUT2D eigenvalue weighted by Gasteiger charge is -2.12. The quantitative estimate of drug-likeness (QED) is 0.507. The molecule has 0 aromatic heterocycles. The summed E-state index contributed by atoms with van der Waals surface area (Å²) in [6.07, 6.45) is 1.70. The summed E-state index contributed by atoms with van der Waals surface area (Å²) in [4.78, 5) is 12.0. The molecule has 0 aliphatic heterocycles. The molecule has 2 rings (SSSR count). The van der Waals surface area contributed by atoms with Crippen molar-refractivity contribution in [1.29, 1.82) is 0 Å². The second kappa shape index (κ2) is 10.2. The molecular weight excluding hydrogens is 387 g/mol. The van der Waals surface area contributed by atoms with Crippen molar-refractivity contribution in [2.75, 3.05) is 13.7 Å². The first-order chi connectivity index (χ1) is 12.9. The number of nitrogens with one attached hydrogen (secondary N) is 1. The summed E-state index contributed by atoms with van der Waals surface area (Å²) in [5, 5.41) is 4.74. The molecule has 0 spiro atoms. The van der Waals surface area contributed by atoms with Crippen molar-refractivity contribution in [1.82, 2.24) is 5.43 Å². The predicted molar refractivity (Wildman–Crippen MR) is 109 cm³/mol. The van der Waals surface area contributed by atoms with Gasteiger partial charge in [0.2, 0.25) is 5.91 Å². The van der Waals surface area contributed by atoms with Gasteiger partial charge in [0.25, 0.3) is 0 Å². The molecule has 1 amide bonds. The van der Waals surface area contributed by atoms with E-state index in [0.29, 0.717) is 33.9 Å². The molecule has 0 aliphatic rings. The van der Waals surface area contributed by atoms with Crippen LogP contribution in [0.1, 0.15) is 25.0 Å². The summed E-state index contributed by atoms with van der Waals surface area (Å²) in [5.74, 6) is 1.32. The van der Waals surface area contributed by atoms with Crippen LogP contribution in [0.5, 0.6) is 11.5 Å². The van der Waals surface area contributed by atoms with Crippen molar-refractivity contribution in [2.45, 2.75) is 20.3 Å².